The van der Waals surface area contributed by atoms with Gasteiger partial charge in [0.1, 0.15) is 0 Å². The van der Waals surface area contributed by atoms with Crippen LogP contribution in [0.5, 0.6) is 0 Å². The highest BCUT2D eigenvalue weighted by Crippen LogP contribution is 2.53. The van der Waals surface area contributed by atoms with Gasteiger partial charge in [0.15, 0.2) is 5.11 Å². The molecule has 8 heteroatoms. The average molecular weight is 378 g/mol. The molecule has 0 heterocycles. The van der Waals surface area contributed by atoms with Crippen molar-refractivity contribution in [3.8, 4) is 0 Å². The van der Waals surface area contributed by atoms with Gasteiger partial charge in [0, 0.05) is 24.4 Å². The molecule has 0 aromatic heterocycles. The number of thiocarbonyl (C=S) groups is 1. The number of halogens is 3. The molecular formula is C13H14BrF2N3OS. The lowest BCUT2D eigenvalue weighted by Gasteiger charge is -2.46. The molecule has 114 valence electrons. The van der Waals surface area contributed by atoms with Crippen LogP contribution in [0.25, 0.3) is 0 Å². The van der Waals surface area contributed by atoms with Crippen molar-refractivity contribution in [3.05, 3.63) is 34.3 Å². The molecule has 1 aromatic carbocycles. The van der Waals surface area contributed by atoms with Gasteiger partial charge in [0.05, 0.1) is 5.41 Å². The Morgan fingerprint density at radius 1 is 1.33 bits per heavy atom. The Bertz CT molecular complexity index is 574. The minimum Gasteiger partial charge on any atom is -0.364 e. The molecule has 4 nitrogen and oxygen atoms in total. The maximum absolute atomic E-state index is 13.4. The lowest BCUT2D eigenvalue weighted by atomic mass is 9.61. The molecule has 0 bridgehead atoms. The number of rotatable bonds is 2. The van der Waals surface area contributed by atoms with E-state index in [0.29, 0.717) is 5.56 Å². The largest absolute Gasteiger partial charge is 0.364 e. The minimum absolute atomic E-state index is 0.207. The molecule has 0 atom stereocenters. The van der Waals surface area contributed by atoms with Gasteiger partial charge in [0.2, 0.25) is 5.91 Å². The lowest BCUT2D eigenvalue weighted by Crippen LogP contribution is -2.61. The van der Waals surface area contributed by atoms with E-state index in [0.717, 1.165) is 4.47 Å². The van der Waals surface area contributed by atoms with E-state index in [2.05, 4.69) is 32.1 Å². The van der Waals surface area contributed by atoms with Gasteiger partial charge in [-0.05, 0) is 29.9 Å². The average Bonchev–Trinajstić information content (AvgIpc) is 2.41. The van der Waals surface area contributed by atoms with Crippen molar-refractivity contribution in [2.24, 2.45) is 0 Å². The van der Waals surface area contributed by atoms with Crippen molar-refractivity contribution in [1.29, 1.82) is 0 Å². The second kappa shape index (κ2) is 5.84. The van der Waals surface area contributed by atoms with Crippen molar-refractivity contribution in [1.82, 2.24) is 16.2 Å². The van der Waals surface area contributed by atoms with Crippen molar-refractivity contribution in [3.63, 3.8) is 0 Å². The van der Waals surface area contributed by atoms with Crippen LogP contribution in [0.15, 0.2) is 28.7 Å². The predicted molar refractivity (Wildman–Crippen MR) is 82.9 cm³/mol. The van der Waals surface area contributed by atoms with Crippen molar-refractivity contribution in [2.75, 3.05) is 7.05 Å². The standard InChI is InChI=1S/C13H14BrF2N3OS/c1-17-11(21)19-18-10(20)12(6-13(15,16)7-12)8-3-2-4-9(14)5-8/h2-5H,6-7H2,1H3,(H,18,20)(H2,17,19,21). The second-order valence-corrected chi connectivity index (χ2v) is 6.28. The first-order chi connectivity index (χ1) is 9.79. The molecule has 1 amide bonds. The molecule has 1 aliphatic carbocycles. The number of carbonyl (C=O) groups excluding carboxylic acids is 1. The summed E-state index contributed by atoms with van der Waals surface area (Å²) >= 11 is 8.13. The molecule has 0 unspecified atom stereocenters. The zero-order chi connectivity index (χ0) is 15.7. The van der Waals surface area contributed by atoms with Crippen LogP contribution in [0.1, 0.15) is 18.4 Å². The molecule has 0 aliphatic heterocycles. The van der Waals surface area contributed by atoms with Crippen LogP contribution in [0, 0.1) is 0 Å². The van der Waals surface area contributed by atoms with E-state index in [1.54, 1.807) is 31.3 Å². The summed E-state index contributed by atoms with van der Waals surface area (Å²) in [4.78, 5) is 12.4. The molecule has 1 saturated carbocycles. The zero-order valence-electron chi connectivity index (χ0n) is 11.2. The Kier molecular flexibility index (Phi) is 4.48. The van der Waals surface area contributed by atoms with Gasteiger partial charge in [-0.25, -0.2) is 8.78 Å². The highest BCUT2D eigenvalue weighted by atomic mass is 79.9. The Labute approximate surface area is 134 Å². The van der Waals surface area contributed by atoms with Crippen LogP contribution in [0.3, 0.4) is 0 Å². The molecule has 0 spiro atoms. The second-order valence-electron chi connectivity index (χ2n) is 4.96. The molecule has 0 saturated heterocycles. The van der Waals surface area contributed by atoms with E-state index in [1.165, 1.54) is 0 Å². The minimum atomic E-state index is -2.83. The SMILES string of the molecule is CNC(=S)NNC(=O)C1(c2cccc(Br)c2)CC(F)(F)C1. The van der Waals surface area contributed by atoms with Crippen LogP contribution in [0.4, 0.5) is 8.78 Å². The normalized spacial score (nSPS) is 18.3. The Balaban J connectivity index is 2.23. The maximum Gasteiger partial charge on any atom is 0.250 e. The summed E-state index contributed by atoms with van der Waals surface area (Å²) in [5.74, 6) is -3.35. The van der Waals surface area contributed by atoms with Gasteiger partial charge in [0.25, 0.3) is 5.92 Å². The summed E-state index contributed by atoms with van der Waals surface area (Å²) in [6.45, 7) is 0. The fourth-order valence-electron chi connectivity index (χ4n) is 2.41. The third kappa shape index (κ3) is 3.32. The van der Waals surface area contributed by atoms with Gasteiger partial charge in [-0.3, -0.25) is 15.6 Å². The molecule has 21 heavy (non-hydrogen) atoms. The zero-order valence-corrected chi connectivity index (χ0v) is 13.6. The van der Waals surface area contributed by atoms with E-state index in [-0.39, 0.29) is 5.11 Å². The van der Waals surface area contributed by atoms with Crippen LogP contribution >= 0.6 is 28.1 Å². The van der Waals surface area contributed by atoms with Crippen molar-refractivity contribution < 1.29 is 13.6 Å². The Morgan fingerprint density at radius 3 is 2.52 bits per heavy atom. The summed E-state index contributed by atoms with van der Waals surface area (Å²) in [6, 6.07) is 6.86. The first-order valence-electron chi connectivity index (χ1n) is 6.21. The maximum atomic E-state index is 13.4. The molecule has 1 aliphatic rings. The molecule has 1 aromatic rings. The highest BCUT2D eigenvalue weighted by molar-refractivity contribution is 9.10. The molecule has 3 N–H and O–H groups in total. The van der Waals surface area contributed by atoms with Crippen LogP contribution in [-0.2, 0) is 10.2 Å². The Morgan fingerprint density at radius 2 is 2.00 bits per heavy atom. The monoisotopic (exact) mass is 377 g/mol. The van der Waals surface area contributed by atoms with E-state index < -0.39 is 30.1 Å². The third-order valence-corrected chi connectivity index (χ3v) is 4.25. The first kappa shape index (κ1) is 16.1. The molecular weight excluding hydrogens is 364 g/mol. The molecule has 0 radical (unpaired) electrons. The van der Waals surface area contributed by atoms with E-state index in [4.69, 9.17) is 12.2 Å². The fourth-order valence-corrected chi connectivity index (χ4v) is 2.86. The quantitative estimate of drug-likeness (QED) is 0.546. The summed E-state index contributed by atoms with van der Waals surface area (Å²) in [6.07, 6.45) is -1.04. The topological polar surface area (TPSA) is 53.2 Å². The number of hydrogen-bond donors (Lipinski definition) is 3. The van der Waals surface area contributed by atoms with E-state index >= 15 is 0 Å². The van der Waals surface area contributed by atoms with Gasteiger partial charge in [-0.2, -0.15) is 0 Å². The van der Waals surface area contributed by atoms with Crippen LogP contribution < -0.4 is 16.2 Å². The number of hydrazine groups is 1. The first-order valence-corrected chi connectivity index (χ1v) is 7.41. The van der Waals surface area contributed by atoms with Crippen LogP contribution in [0.2, 0.25) is 0 Å². The summed E-state index contributed by atoms with van der Waals surface area (Å²) in [7, 11) is 1.59. The molecule has 1 fully saturated rings. The number of benzene rings is 1. The third-order valence-electron chi connectivity index (χ3n) is 3.45. The fraction of sp³-hybridized carbons (Fsp3) is 0.385. The van der Waals surface area contributed by atoms with Gasteiger partial charge >= 0.3 is 0 Å². The summed E-state index contributed by atoms with van der Waals surface area (Å²) < 4.78 is 27.5. The lowest BCUT2D eigenvalue weighted by molar-refractivity contribution is -0.159. The van der Waals surface area contributed by atoms with Gasteiger partial charge in [-0.15, -0.1) is 0 Å². The number of nitrogens with one attached hydrogen (secondary N) is 3. The number of hydrogen-bond acceptors (Lipinski definition) is 2. The summed E-state index contributed by atoms with van der Waals surface area (Å²) in [5, 5.41) is 2.83. The highest BCUT2D eigenvalue weighted by Gasteiger charge is 2.61. The van der Waals surface area contributed by atoms with Crippen molar-refractivity contribution >= 4 is 39.2 Å². The smallest absolute Gasteiger partial charge is 0.250 e. The summed E-state index contributed by atoms with van der Waals surface area (Å²) in [5.41, 5.74) is 4.18. The van der Waals surface area contributed by atoms with Gasteiger partial charge in [-0.1, -0.05) is 28.1 Å². The Hall–Kier alpha value is -1.28. The van der Waals surface area contributed by atoms with Crippen LogP contribution in [-0.4, -0.2) is 24.0 Å². The number of carbonyl (C=O) groups is 1. The van der Waals surface area contributed by atoms with Gasteiger partial charge < -0.3 is 5.32 Å². The van der Waals surface area contributed by atoms with E-state index in [9.17, 15) is 13.6 Å². The van der Waals surface area contributed by atoms with Crippen molar-refractivity contribution in [2.45, 2.75) is 24.2 Å². The predicted octanol–water partition coefficient (Wildman–Crippen LogP) is 2.24. The number of alkyl halides is 2. The van der Waals surface area contributed by atoms with E-state index in [1.807, 2.05) is 0 Å². The number of amides is 1. The molecule has 2 rings (SSSR count).